The van der Waals surface area contributed by atoms with E-state index in [-0.39, 0.29) is 0 Å². The summed E-state index contributed by atoms with van der Waals surface area (Å²) in [6.07, 6.45) is 8.14. The van der Waals surface area contributed by atoms with Crippen molar-refractivity contribution in [3.05, 3.63) is 53.1 Å². The highest BCUT2D eigenvalue weighted by atomic mass is 14.1. The van der Waals surface area contributed by atoms with Crippen LogP contribution in [0.2, 0.25) is 0 Å². The summed E-state index contributed by atoms with van der Waals surface area (Å²) in [6, 6.07) is 11.2. The molecule has 0 radical (unpaired) electrons. The van der Waals surface area contributed by atoms with E-state index in [2.05, 4.69) is 63.3 Å². The molecule has 0 saturated heterocycles. The van der Waals surface area contributed by atoms with Gasteiger partial charge in [-0.1, -0.05) is 56.7 Å². The molecular formula is C18H22. The molecule has 0 aromatic heterocycles. The summed E-state index contributed by atoms with van der Waals surface area (Å²) < 4.78 is 0. The number of allylic oxidation sites excluding steroid dienone is 1. The first kappa shape index (κ1) is 12.9. The third kappa shape index (κ3) is 2.64. The van der Waals surface area contributed by atoms with Crippen LogP contribution in [0.4, 0.5) is 0 Å². The van der Waals surface area contributed by atoms with Crippen LogP contribution >= 0.6 is 0 Å². The normalized spacial score (nSPS) is 12.8. The van der Waals surface area contributed by atoms with Gasteiger partial charge in [0.25, 0.3) is 0 Å². The van der Waals surface area contributed by atoms with Gasteiger partial charge in [0.15, 0.2) is 0 Å². The van der Waals surface area contributed by atoms with E-state index in [1.54, 1.807) is 0 Å². The molecule has 0 spiro atoms. The van der Waals surface area contributed by atoms with E-state index >= 15 is 0 Å². The molecule has 0 aliphatic heterocycles. The summed E-state index contributed by atoms with van der Waals surface area (Å²) in [5, 5.41) is 2.77. The van der Waals surface area contributed by atoms with Crippen molar-refractivity contribution < 1.29 is 0 Å². The highest BCUT2D eigenvalue weighted by Crippen LogP contribution is 2.27. The van der Waals surface area contributed by atoms with E-state index in [0.29, 0.717) is 0 Å². The molecule has 0 fully saturated rings. The summed E-state index contributed by atoms with van der Waals surface area (Å²) in [5.74, 6) is 0. The summed E-state index contributed by atoms with van der Waals surface area (Å²) in [4.78, 5) is 0. The van der Waals surface area contributed by atoms with Crippen molar-refractivity contribution in [3.8, 4) is 0 Å². The zero-order valence-electron chi connectivity index (χ0n) is 11.7. The van der Waals surface area contributed by atoms with Gasteiger partial charge in [-0.05, 0) is 53.3 Å². The van der Waals surface area contributed by atoms with E-state index < -0.39 is 0 Å². The Hall–Kier alpha value is -1.56. The summed E-state index contributed by atoms with van der Waals surface area (Å²) in [7, 11) is 0. The van der Waals surface area contributed by atoms with Crippen molar-refractivity contribution in [3.63, 3.8) is 0 Å². The first-order valence-corrected chi connectivity index (χ1v) is 6.95. The molecule has 2 aromatic carbocycles. The fourth-order valence-electron chi connectivity index (χ4n) is 2.36. The van der Waals surface area contributed by atoms with Crippen molar-refractivity contribution in [1.29, 1.82) is 0 Å². The Morgan fingerprint density at radius 2 is 1.89 bits per heavy atom. The van der Waals surface area contributed by atoms with Crippen molar-refractivity contribution in [1.82, 2.24) is 0 Å². The maximum atomic E-state index is 2.36. The maximum Gasteiger partial charge on any atom is -0.0152 e. The monoisotopic (exact) mass is 238 g/mol. The fourth-order valence-corrected chi connectivity index (χ4v) is 2.36. The van der Waals surface area contributed by atoms with Crippen LogP contribution in [0.5, 0.6) is 0 Å². The van der Waals surface area contributed by atoms with Crippen molar-refractivity contribution >= 4 is 16.8 Å². The summed E-state index contributed by atoms with van der Waals surface area (Å²) in [5.41, 5.74) is 4.28. The van der Waals surface area contributed by atoms with Crippen LogP contribution in [0.3, 0.4) is 0 Å². The molecule has 2 aromatic rings. The summed E-state index contributed by atoms with van der Waals surface area (Å²) >= 11 is 0. The first-order chi connectivity index (χ1) is 8.76. The molecule has 0 saturated carbocycles. The van der Waals surface area contributed by atoms with Crippen LogP contribution in [-0.2, 0) is 6.42 Å². The third-order valence-electron chi connectivity index (χ3n) is 3.24. The van der Waals surface area contributed by atoms with Gasteiger partial charge in [0, 0.05) is 0 Å². The van der Waals surface area contributed by atoms with Gasteiger partial charge in [-0.2, -0.15) is 0 Å². The minimum absolute atomic E-state index is 1.18. The second kappa shape index (κ2) is 5.86. The number of benzene rings is 2. The molecular weight excluding hydrogens is 216 g/mol. The molecule has 0 nitrogen and oxygen atoms in total. The molecule has 0 bridgehead atoms. The Morgan fingerprint density at radius 1 is 1.11 bits per heavy atom. The van der Waals surface area contributed by atoms with Gasteiger partial charge in [0.05, 0.1) is 0 Å². The van der Waals surface area contributed by atoms with Gasteiger partial charge < -0.3 is 0 Å². The van der Waals surface area contributed by atoms with Crippen LogP contribution in [0, 0.1) is 6.92 Å². The molecule has 0 unspecified atom stereocenters. The van der Waals surface area contributed by atoms with Crippen LogP contribution in [-0.4, -0.2) is 0 Å². The number of fused-ring (bicyclic) bond motifs is 2. The lowest BCUT2D eigenvalue weighted by atomic mass is 9.92. The van der Waals surface area contributed by atoms with Crippen molar-refractivity contribution in [2.24, 2.45) is 0 Å². The average Bonchev–Trinajstić information content (AvgIpc) is 2.38. The SMILES string of the molecule is CCC.Cc1cccc2cc3c(cc12)CCC=C3. The average molecular weight is 238 g/mol. The van der Waals surface area contributed by atoms with E-state index in [0.717, 1.165) is 0 Å². The standard InChI is InChI=1S/C15H14.C3H8/c1-11-5-4-8-14-9-12-6-2-3-7-13(12)10-15(11)14;1-3-2/h2,4-6,8-10H,3,7H2,1H3;3H2,1-2H3. The maximum absolute atomic E-state index is 2.36. The minimum atomic E-state index is 1.18. The highest BCUT2D eigenvalue weighted by Gasteiger charge is 2.06. The number of aryl methyl sites for hydroxylation is 2. The molecule has 94 valence electrons. The molecule has 0 amide bonds. The molecule has 18 heavy (non-hydrogen) atoms. The van der Waals surface area contributed by atoms with Gasteiger partial charge in [-0.25, -0.2) is 0 Å². The molecule has 0 heteroatoms. The Kier molecular flexibility index (Phi) is 4.19. The topological polar surface area (TPSA) is 0 Å². The highest BCUT2D eigenvalue weighted by molar-refractivity contribution is 5.88. The number of rotatable bonds is 0. The Labute approximate surface area is 110 Å². The van der Waals surface area contributed by atoms with E-state index in [9.17, 15) is 0 Å². The molecule has 0 atom stereocenters. The zero-order chi connectivity index (χ0) is 13.0. The van der Waals surface area contributed by atoms with E-state index in [4.69, 9.17) is 0 Å². The fraction of sp³-hybridized carbons (Fsp3) is 0.333. The van der Waals surface area contributed by atoms with Gasteiger partial charge in [-0.3, -0.25) is 0 Å². The Bertz CT molecular complexity index is 562. The Balaban J connectivity index is 0.000000367. The third-order valence-corrected chi connectivity index (χ3v) is 3.24. The van der Waals surface area contributed by atoms with Gasteiger partial charge in [0.2, 0.25) is 0 Å². The molecule has 0 heterocycles. The molecule has 1 aliphatic carbocycles. The predicted molar refractivity (Wildman–Crippen MR) is 82.0 cm³/mol. The lowest BCUT2D eigenvalue weighted by Crippen LogP contribution is -1.94. The van der Waals surface area contributed by atoms with Gasteiger partial charge >= 0.3 is 0 Å². The zero-order valence-corrected chi connectivity index (χ0v) is 11.7. The van der Waals surface area contributed by atoms with E-state index in [1.165, 1.54) is 46.7 Å². The lowest BCUT2D eigenvalue weighted by Gasteiger charge is -2.12. The minimum Gasteiger partial charge on any atom is -0.0836 e. The first-order valence-electron chi connectivity index (χ1n) is 6.95. The van der Waals surface area contributed by atoms with Crippen molar-refractivity contribution in [2.75, 3.05) is 0 Å². The van der Waals surface area contributed by atoms with Gasteiger partial charge in [0.1, 0.15) is 0 Å². The predicted octanol–water partition coefficient (Wildman–Crippen LogP) is 5.52. The van der Waals surface area contributed by atoms with Crippen LogP contribution in [0.25, 0.3) is 16.8 Å². The van der Waals surface area contributed by atoms with E-state index in [1.807, 2.05) is 0 Å². The number of hydrogen-bond donors (Lipinski definition) is 0. The molecule has 1 aliphatic rings. The molecule has 3 rings (SSSR count). The second-order valence-corrected chi connectivity index (χ2v) is 5.00. The Morgan fingerprint density at radius 3 is 2.67 bits per heavy atom. The smallest absolute Gasteiger partial charge is 0.0152 e. The lowest BCUT2D eigenvalue weighted by molar-refractivity contribution is 0.989. The van der Waals surface area contributed by atoms with Crippen molar-refractivity contribution in [2.45, 2.75) is 40.0 Å². The molecule has 0 N–H and O–H groups in total. The number of hydrogen-bond acceptors (Lipinski definition) is 0. The van der Waals surface area contributed by atoms with Crippen LogP contribution in [0.1, 0.15) is 43.4 Å². The second-order valence-electron chi connectivity index (χ2n) is 5.00. The van der Waals surface area contributed by atoms with Crippen LogP contribution < -0.4 is 0 Å². The van der Waals surface area contributed by atoms with Crippen LogP contribution in [0.15, 0.2) is 36.4 Å². The summed E-state index contributed by atoms with van der Waals surface area (Å²) in [6.45, 7) is 6.44. The quantitative estimate of drug-likeness (QED) is 0.566. The van der Waals surface area contributed by atoms with Gasteiger partial charge in [-0.15, -0.1) is 0 Å². The largest absolute Gasteiger partial charge is 0.0836 e.